The van der Waals surface area contributed by atoms with Crippen molar-refractivity contribution in [2.24, 2.45) is 0 Å². The van der Waals surface area contributed by atoms with E-state index in [-0.39, 0.29) is 12.1 Å². The Labute approximate surface area is 101 Å². The van der Waals surface area contributed by atoms with Gasteiger partial charge in [0.25, 0.3) is 5.91 Å². The van der Waals surface area contributed by atoms with E-state index in [1.54, 1.807) is 6.20 Å². The Kier molecular flexibility index (Phi) is 3.20. The largest absolute Gasteiger partial charge is 0.479 e. The summed E-state index contributed by atoms with van der Waals surface area (Å²) in [6, 6.07) is 0. The highest BCUT2D eigenvalue weighted by molar-refractivity contribution is 6.00. The molecule has 1 amide bonds. The van der Waals surface area contributed by atoms with Crippen LogP contribution in [0.1, 0.15) is 10.4 Å². The number of aliphatic hydroxyl groups is 1. The molecule has 0 bridgehead atoms. The molecule has 2 heterocycles. The molecule has 0 spiro atoms. The Hall–Kier alpha value is -2.48. The average molecular weight is 250 g/mol. The van der Waals surface area contributed by atoms with Gasteiger partial charge >= 0.3 is 5.97 Å². The van der Waals surface area contributed by atoms with E-state index in [0.717, 1.165) is 0 Å². The topological polar surface area (TPSA) is 117 Å². The van der Waals surface area contributed by atoms with E-state index in [2.05, 4.69) is 15.4 Å². The van der Waals surface area contributed by atoms with E-state index in [0.29, 0.717) is 5.52 Å². The fraction of sp³-hybridized carbons (Fsp3) is 0.200. The van der Waals surface area contributed by atoms with Crippen molar-refractivity contribution in [1.82, 2.24) is 19.9 Å². The number of fused-ring (bicyclic) bond motifs is 1. The maximum atomic E-state index is 11.8. The minimum absolute atomic E-state index is 0.265. The molecule has 2 rings (SSSR count). The van der Waals surface area contributed by atoms with Crippen molar-refractivity contribution >= 4 is 17.4 Å². The summed E-state index contributed by atoms with van der Waals surface area (Å²) in [7, 11) is 0. The van der Waals surface area contributed by atoms with E-state index >= 15 is 0 Å². The van der Waals surface area contributed by atoms with Gasteiger partial charge in [0.05, 0.1) is 30.0 Å². The molecule has 3 N–H and O–H groups in total. The summed E-state index contributed by atoms with van der Waals surface area (Å²) >= 11 is 0. The highest BCUT2D eigenvalue weighted by atomic mass is 16.4. The van der Waals surface area contributed by atoms with Crippen LogP contribution in [0.3, 0.4) is 0 Å². The van der Waals surface area contributed by atoms with Crippen LogP contribution >= 0.6 is 0 Å². The average Bonchev–Trinajstić information content (AvgIpc) is 2.79. The summed E-state index contributed by atoms with van der Waals surface area (Å²) in [5, 5.41) is 23.8. The number of aliphatic hydroxyl groups excluding tert-OH is 1. The van der Waals surface area contributed by atoms with Gasteiger partial charge in [0.15, 0.2) is 6.10 Å². The molecule has 18 heavy (non-hydrogen) atoms. The van der Waals surface area contributed by atoms with Gasteiger partial charge < -0.3 is 15.5 Å². The molecule has 0 saturated carbocycles. The lowest BCUT2D eigenvalue weighted by Gasteiger charge is -2.06. The van der Waals surface area contributed by atoms with Crippen LogP contribution in [0.2, 0.25) is 0 Å². The van der Waals surface area contributed by atoms with Gasteiger partial charge in [0, 0.05) is 12.4 Å². The van der Waals surface area contributed by atoms with Crippen LogP contribution in [0.4, 0.5) is 0 Å². The molecule has 1 atom stereocenters. The standard InChI is InChI=1S/C10H10N4O4/c15-8(10(17)18)5-12-9(16)6-3-13-14-2-1-11-4-7(6)14/h1-4,8,15H,5H2,(H,12,16)(H,17,18)/t8-/m0/s1. The summed E-state index contributed by atoms with van der Waals surface area (Å²) in [4.78, 5) is 26.0. The fourth-order valence-electron chi connectivity index (χ4n) is 1.38. The third-order valence-corrected chi connectivity index (χ3v) is 2.31. The molecule has 0 unspecified atom stereocenters. The number of carboxylic acids is 1. The summed E-state index contributed by atoms with van der Waals surface area (Å²) < 4.78 is 1.47. The second kappa shape index (κ2) is 4.80. The van der Waals surface area contributed by atoms with E-state index in [4.69, 9.17) is 10.2 Å². The number of carboxylic acid groups (broad SMARTS) is 1. The lowest BCUT2D eigenvalue weighted by Crippen LogP contribution is -2.36. The molecule has 2 aromatic heterocycles. The van der Waals surface area contributed by atoms with Crippen molar-refractivity contribution in [2.75, 3.05) is 6.54 Å². The zero-order valence-corrected chi connectivity index (χ0v) is 9.15. The number of aromatic nitrogens is 3. The van der Waals surface area contributed by atoms with E-state index < -0.39 is 18.0 Å². The normalized spacial score (nSPS) is 12.3. The second-order valence-corrected chi connectivity index (χ2v) is 3.53. The van der Waals surface area contributed by atoms with Crippen molar-refractivity contribution in [1.29, 1.82) is 0 Å². The number of amides is 1. The smallest absolute Gasteiger partial charge is 0.334 e. The minimum Gasteiger partial charge on any atom is -0.479 e. The van der Waals surface area contributed by atoms with E-state index in [9.17, 15) is 9.59 Å². The number of hydrogen-bond acceptors (Lipinski definition) is 5. The highest BCUT2D eigenvalue weighted by Crippen LogP contribution is 2.07. The second-order valence-electron chi connectivity index (χ2n) is 3.53. The maximum Gasteiger partial charge on any atom is 0.334 e. The summed E-state index contributed by atoms with van der Waals surface area (Å²) in [6.45, 7) is -0.369. The van der Waals surface area contributed by atoms with Crippen molar-refractivity contribution in [2.45, 2.75) is 6.10 Å². The quantitative estimate of drug-likeness (QED) is 0.634. The molecule has 94 valence electrons. The zero-order valence-electron chi connectivity index (χ0n) is 9.15. The molecule has 0 aliphatic rings. The van der Waals surface area contributed by atoms with Gasteiger partial charge in [0.1, 0.15) is 0 Å². The van der Waals surface area contributed by atoms with Gasteiger partial charge in [-0.1, -0.05) is 0 Å². The third kappa shape index (κ3) is 2.28. The van der Waals surface area contributed by atoms with Gasteiger partial charge in [-0.25, -0.2) is 9.31 Å². The van der Waals surface area contributed by atoms with Crippen molar-refractivity contribution in [3.8, 4) is 0 Å². The van der Waals surface area contributed by atoms with E-state index in [1.807, 2.05) is 0 Å². The molecule has 0 radical (unpaired) electrons. The third-order valence-electron chi connectivity index (χ3n) is 2.31. The van der Waals surface area contributed by atoms with Crippen LogP contribution in [0.25, 0.3) is 5.52 Å². The molecule has 8 heteroatoms. The molecule has 8 nitrogen and oxygen atoms in total. The first-order valence-corrected chi connectivity index (χ1v) is 5.06. The first-order chi connectivity index (χ1) is 8.59. The molecule has 0 aromatic carbocycles. The molecule has 0 saturated heterocycles. The molecule has 0 fully saturated rings. The number of carbonyl (C=O) groups is 2. The fourth-order valence-corrected chi connectivity index (χ4v) is 1.38. The summed E-state index contributed by atoms with van der Waals surface area (Å²) in [6.07, 6.45) is 4.29. The maximum absolute atomic E-state index is 11.8. The monoisotopic (exact) mass is 250 g/mol. The van der Waals surface area contributed by atoms with Crippen molar-refractivity contribution in [3.05, 3.63) is 30.4 Å². The molecule has 2 aromatic rings. The van der Waals surface area contributed by atoms with Crippen LogP contribution in [0.5, 0.6) is 0 Å². The van der Waals surface area contributed by atoms with E-state index in [1.165, 1.54) is 23.1 Å². The molecular weight excluding hydrogens is 240 g/mol. The van der Waals surface area contributed by atoms with Gasteiger partial charge in [0.2, 0.25) is 0 Å². The Morgan fingerprint density at radius 1 is 1.44 bits per heavy atom. The predicted molar refractivity (Wildman–Crippen MR) is 59.0 cm³/mol. The SMILES string of the molecule is O=C(NC[C@H](O)C(=O)O)c1cnn2ccncc12. The van der Waals surface area contributed by atoms with Crippen LogP contribution in [-0.2, 0) is 4.79 Å². The predicted octanol–water partition coefficient (Wildman–Crippen LogP) is -1.10. The Morgan fingerprint density at radius 2 is 2.22 bits per heavy atom. The van der Waals surface area contributed by atoms with Crippen molar-refractivity contribution in [3.63, 3.8) is 0 Å². The van der Waals surface area contributed by atoms with Gasteiger partial charge in [-0.05, 0) is 0 Å². The number of nitrogens with zero attached hydrogens (tertiary/aromatic N) is 3. The zero-order chi connectivity index (χ0) is 13.1. The number of aliphatic carboxylic acids is 1. The number of nitrogens with one attached hydrogen (secondary N) is 1. The first-order valence-electron chi connectivity index (χ1n) is 5.06. The highest BCUT2D eigenvalue weighted by Gasteiger charge is 2.17. The van der Waals surface area contributed by atoms with Crippen LogP contribution in [-0.4, -0.2) is 49.3 Å². The number of rotatable bonds is 4. The number of hydrogen-bond donors (Lipinski definition) is 3. The minimum atomic E-state index is -1.63. The lowest BCUT2D eigenvalue weighted by molar-refractivity contribution is -0.146. The molecular formula is C10H10N4O4. The van der Waals surface area contributed by atoms with Crippen molar-refractivity contribution < 1.29 is 19.8 Å². The number of carbonyl (C=O) groups excluding carboxylic acids is 1. The molecule has 0 aliphatic heterocycles. The van der Waals surface area contributed by atoms with Crippen LogP contribution in [0, 0.1) is 0 Å². The van der Waals surface area contributed by atoms with Crippen LogP contribution < -0.4 is 5.32 Å². The van der Waals surface area contributed by atoms with Gasteiger partial charge in [-0.15, -0.1) is 0 Å². The summed E-state index contributed by atoms with van der Waals surface area (Å²) in [5.74, 6) is -1.91. The van der Waals surface area contributed by atoms with Crippen LogP contribution in [0.15, 0.2) is 24.8 Å². The summed E-state index contributed by atoms with van der Waals surface area (Å²) in [5.41, 5.74) is 0.764. The molecule has 0 aliphatic carbocycles. The lowest BCUT2D eigenvalue weighted by atomic mass is 10.2. The van der Waals surface area contributed by atoms with Gasteiger partial charge in [-0.2, -0.15) is 5.10 Å². The Balaban J connectivity index is 2.12. The Morgan fingerprint density at radius 3 is 2.94 bits per heavy atom. The Bertz CT molecular complexity index is 594. The van der Waals surface area contributed by atoms with Gasteiger partial charge in [-0.3, -0.25) is 9.78 Å². The first kappa shape index (κ1) is 12.0.